The van der Waals surface area contributed by atoms with Crippen molar-refractivity contribution >= 4 is 5.69 Å². The van der Waals surface area contributed by atoms with Gasteiger partial charge in [0.1, 0.15) is 5.82 Å². The van der Waals surface area contributed by atoms with E-state index in [1.165, 1.54) is 16.8 Å². The number of rotatable bonds is 4. The quantitative estimate of drug-likeness (QED) is 0.802. The van der Waals surface area contributed by atoms with E-state index in [2.05, 4.69) is 43.4 Å². The first kappa shape index (κ1) is 14.1. The molecule has 0 aromatic heterocycles. The van der Waals surface area contributed by atoms with Crippen LogP contribution in [0.1, 0.15) is 49.7 Å². The van der Waals surface area contributed by atoms with Crippen molar-refractivity contribution in [1.29, 1.82) is 0 Å². The fraction of sp³-hybridized carbons (Fsp3) is 0.368. The number of anilines is 1. The number of benzene rings is 2. The highest BCUT2D eigenvalue weighted by Crippen LogP contribution is 2.38. The van der Waals surface area contributed by atoms with E-state index in [4.69, 9.17) is 0 Å². The Balaban J connectivity index is 1.57. The van der Waals surface area contributed by atoms with E-state index in [0.717, 1.165) is 12.8 Å². The van der Waals surface area contributed by atoms with E-state index in [-0.39, 0.29) is 5.82 Å². The molecule has 0 atom stereocenters. The molecule has 1 N–H and O–H groups in total. The predicted molar refractivity (Wildman–Crippen MR) is 86.3 cm³/mol. The fourth-order valence-corrected chi connectivity index (χ4v) is 2.97. The highest BCUT2D eigenvalue weighted by Gasteiger charge is 2.30. The standard InChI is InChI=1S/C19H22FN/c1-13(2)15-4-3-5-18(10-15)21-19-11-16(12-19)14-6-8-17(20)9-7-14/h3-10,13,16,19,21H,11-12H2,1-2H3. The Morgan fingerprint density at radius 3 is 2.43 bits per heavy atom. The Bertz CT molecular complexity index is 597. The second-order valence-corrected chi connectivity index (χ2v) is 6.34. The van der Waals surface area contributed by atoms with Crippen LogP contribution in [0, 0.1) is 5.82 Å². The van der Waals surface area contributed by atoms with E-state index in [9.17, 15) is 4.39 Å². The molecule has 0 amide bonds. The largest absolute Gasteiger partial charge is 0.382 e. The molecule has 2 heteroatoms. The monoisotopic (exact) mass is 283 g/mol. The van der Waals surface area contributed by atoms with Crippen molar-refractivity contribution < 1.29 is 4.39 Å². The maximum Gasteiger partial charge on any atom is 0.123 e. The number of hydrogen-bond acceptors (Lipinski definition) is 1. The summed E-state index contributed by atoms with van der Waals surface area (Å²) >= 11 is 0. The highest BCUT2D eigenvalue weighted by atomic mass is 19.1. The Morgan fingerprint density at radius 1 is 1.05 bits per heavy atom. The minimum atomic E-state index is -0.154. The lowest BCUT2D eigenvalue weighted by molar-refractivity contribution is 0.374. The molecule has 21 heavy (non-hydrogen) atoms. The molecule has 1 fully saturated rings. The van der Waals surface area contributed by atoms with Crippen molar-refractivity contribution in [3.8, 4) is 0 Å². The minimum absolute atomic E-state index is 0.154. The van der Waals surface area contributed by atoms with Crippen LogP contribution in [0.4, 0.5) is 10.1 Å². The molecule has 1 saturated carbocycles. The molecule has 1 aliphatic carbocycles. The normalized spacial score (nSPS) is 21.1. The van der Waals surface area contributed by atoms with Crippen molar-refractivity contribution in [3.05, 3.63) is 65.5 Å². The summed E-state index contributed by atoms with van der Waals surface area (Å²) < 4.78 is 12.9. The van der Waals surface area contributed by atoms with Gasteiger partial charge in [-0.3, -0.25) is 0 Å². The van der Waals surface area contributed by atoms with Gasteiger partial charge in [-0.05, 0) is 60.1 Å². The molecular weight excluding hydrogens is 261 g/mol. The Morgan fingerprint density at radius 2 is 1.76 bits per heavy atom. The van der Waals surface area contributed by atoms with E-state index in [1.54, 1.807) is 12.1 Å². The van der Waals surface area contributed by atoms with Gasteiger partial charge in [-0.2, -0.15) is 0 Å². The molecule has 2 aromatic rings. The molecule has 0 unspecified atom stereocenters. The Kier molecular flexibility index (Phi) is 3.96. The summed E-state index contributed by atoms with van der Waals surface area (Å²) in [6.07, 6.45) is 2.25. The van der Waals surface area contributed by atoms with Crippen LogP contribution in [0.2, 0.25) is 0 Å². The smallest absolute Gasteiger partial charge is 0.123 e. The van der Waals surface area contributed by atoms with Crippen molar-refractivity contribution in [2.75, 3.05) is 5.32 Å². The second-order valence-electron chi connectivity index (χ2n) is 6.34. The van der Waals surface area contributed by atoms with Crippen LogP contribution in [0.3, 0.4) is 0 Å². The number of nitrogens with one attached hydrogen (secondary N) is 1. The zero-order chi connectivity index (χ0) is 14.8. The summed E-state index contributed by atoms with van der Waals surface area (Å²) in [6.45, 7) is 4.43. The first-order valence-electron chi connectivity index (χ1n) is 7.74. The third-order valence-corrected chi connectivity index (χ3v) is 4.40. The summed E-state index contributed by atoms with van der Waals surface area (Å²) in [5.74, 6) is 0.967. The molecule has 3 rings (SSSR count). The maximum atomic E-state index is 12.9. The summed E-state index contributed by atoms with van der Waals surface area (Å²) in [4.78, 5) is 0. The second kappa shape index (κ2) is 5.88. The van der Waals surface area contributed by atoms with Gasteiger partial charge in [-0.15, -0.1) is 0 Å². The van der Waals surface area contributed by atoms with Gasteiger partial charge in [0.25, 0.3) is 0 Å². The molecule has 0 bridgehead atoms. The highest BCUT2D eigenvalue weighted by molar-refractivity contribution is 5.48. The van der Waals surface area contributed by atoms with Crippen LogP contribution >= 0.6 is 0 Å². The third kappa shape index (κ3) is 3.26. The molecule has 0 aliphatic heterocycles. The van der Waals surface area contributed by atoms with Crippen molar-refractivity contribution in [3.63, 3.8) is 0 Å². The van der Waals surface area contributed by atoms with Gasteiger partial charge in [0.15, 0.2) is 0 Å². The molecule has 2 aromatic carbocycles. The van der Waals surface area contributed by atoms with Crippen LogP contribution in [0.15, 0.2) is 48.5 Å². The molecule has 1 aliphatic rings. The van der Waals surface area contributed by atoms with Gasteiger partial charge in [0.2, 0.25) is 0 Å². The van der Waals surface area contributed by atoms with Crippen LogP contribution in [0.25, 0.3) is 0 Å². The zero-order valence-corrected chi connectivity index (χ0v) is 12.6. The lowest BCUT2D eigenvalue weighted by atomic mass is 9.76. The first-order chi connectivity index (χ1) is 10.1. The Hall–Kier alpha value is -1.83. The van der Waals surface area contributed by atoms with Crippen LogP contribution in [-0.4, -0.2) is 6.04 Å². The topological polar surface area (TPSA) is 12.0 Å². The van der Waals surface area contributed by atoms with Gasteiger partial charge in [-0.1, -0.05) is 38.1 Å². The van der Waals surface area contributed by atoms with Gasteiger partial charge in [0, 0.05) is 11.7 Å². The average Bonchev–Trinajstić information content (AvgIpc) is 2.44. The summed E-state index contributed by atoms with van der Waals surface area (Å²) in [5, 5.41) is 3.61. The summed E-state index contributed by atoms with van der Waals surface area (Å²) in [7, 11) is 0. The molecule has 0 radical (unpaired) electrons. The van der Waals surface area contributed by atoms with E-state index in [1.807, 2.05) is 12.1 Å². The van der Waals surface area contributed by atoms with Crippen LogP contribution < -0.4 is 5.32 Å². The van der Waals surface area contributed by atoms with Gasteiger partial charge in [0.05, 0.1) is 0 Å². The first-order valence-corrected chi connectivity index (χ1v) is 7.74. The average molecular weight is 283 g/mol. The molecule has 0 saturated heterocycles. The lowest BCUT2D eigenvalue weighted by Gasteiger charge is -2.37. The minimum Gasteiger partial charge on any atom is -0.382 e. The predicted octanol–water partition coefficient (Wildman–Crippen LogP) is 5.31. The van der Waals surface area contributed by atoms with E-state index >= 15 is 0 Å². The van der Waals surface area contributed by atoms with Gasteiger partial charge < -0.3 is 5.32 Å². The van der Waals surface area contributed by atoms with Crippen molar-refractivity contribution in [2.45, 2.75) is 44.6 Å². The van der Waals surface area contributed by atoms with Gasteiger partial charge >= 0.3 is 0 Å². The summed E-state index contributed by atoms with van der Waals surface area (Å²) in [5.41, 5.74) is 3.84. The van der Waals surface area contributed by atoms with Crippen molar-refractivity contribution in [2.24, 2.45) is 0 Å². The SMILES string of the molecule is CC(C)c1cccc(NC2CC(c3ccc(F)cc3)C2)c1. The van der Waals surface area contributed by atoms with Crippen molar-refractivity contribution in [1.82, 2.24) is 0 Å². The fourth-order valence-electron chi connectivity index (χ4n) is 2.97. The molecule has 0 heterocycles. The van der Waals surface area contributed by atoms with Crippen LogP contribution in [0.5, 0.6) is 0 Å². The third-order valence-electron chi connectivity index (χ3n) is 4.40. The zero-order valence-electron chi connectivity index (χ0n) is 12.6. The number of halogens is 1. The van der Waals surface area contributed by atoms with Crippen LogP contribution in [-0.2, 0) is 0 Å². The molecule has 110 valence electrons. The molecule has 1 nitrogen and oxygen atoms in total. The number of hydrogen-bond donors (Lipinski definition) is 1. The Labute approximate surface area is 126 Å². The van der Waals surface area contributed by atoms with E-state index < -0.39 is 0 Å². The molecule has 0 spiro atoms. The maximum absolute atomic E-state index is 12.9. The van der Waals surface area contributed by atoms with Gasteiger partial charge in [-0.25, -0.2) is 4.39 Å². The lowest BCUT2D eigenvalue weighted by Crippen LogP contribution is -2.34. The molecular formula is C19H22FN. The summed E-state index contributed by atoms with van der Waals surface area (Å²) in [6, 6.07) is 16.1. The van der Waals surface area contributed by atoms with E-state index in [0.29, 0.717) is 17.9 Å².